The summed E-state index contributed by atoms with van der Waals surface area (Å²) in [5, 5.41) is 6.33. The van der Waals surface area contributed by atoms with Crippen LogP contribution in [0.2, 0.25) is 5.28 Å². The van der Waals surface area contributed by atoms with Crippen LogP contribution in [-0.4, -0.2) is 15.0 Å². The number of hydrogen-bond donors (Lipinski definition) is 2. The molecule has 2 heterocycles. The Bertz CT molecular complexity index is 691. The Hall–Kier alpha value is -1.92. The van der Waals surface area contributed by atoms with E-state index in [-0.39, 0.29) is 11.2 Å². The highest BCUT2D eigenvalue weighted by Crippen LogP contribution is 2.25. The lowest BCUT2D eigenvalue weighted by Crippen LogP contribution is -2.03. The molecule has 0 aliphatic carbocycles. The van der Waals surface area contributed by atoms with Crippen molar-refractivity contribution in [3.8, 4) is 0 Å². The van der Waals surface area contributed by atoms with Gasteiger partial charge in [0.05, 0.1) is 0 Å². The third-order valence-electron chi connectivity index (χ3n) is 2.33. The monoisotopic (exact) mass is 277 g/mol. The number of rotatable bonds is 2. The van der Waals surface area contributed by atoms with E-state index in [0.29, 0.717) is 5.95 Å². The first kappa shape index (κ1) is 11.2. The maximum absolute atomic E-state index is 5.71. The first-order valence-corrected chi connectivity index (χ1v) is 6.38. The number of thiophene rings is 1. The lowest BCUT2D eigenvalue weighted by Gasteiger charge is -2.05. The zero-order valence-electron chi connectivity index (χ0n) is 9.09. The predicted octanol–water partition coefficient (Wildman–Crippen LogP) is 3.07. The summed E-state index contributed by atoms with van der Waals surface area (Å²) in [6.45, 7) is 0. The van der Waals surface area contributed by atoms with Gasteiger partial charge in [-0.05, 0) is 46.6 Å². The van der Waals surface area contributed by atoms with E-state index < -0.39 is 0 Å². The van der Waals surface area contributed by atoms with Crippen molar-refractivity contribution >= 4 is 50.6 Å². The summed E-state index contributed by atoms with van der Waals surface area (Å²) < 4.78 is 1.23. The van der Waals surface area contributed by atoms with E-state index in [1.165, 1.54) is 4.70 Å². The van der Waals surface area contributed by atoms with Gasteiger partial charge in [0.25, 0.3) is 0 Å². The Morgan fingerprint density at radius 3 is 2.89 bits per heavy atom. The van der Waals surface area contributed by atoms with E-state index in [1.807, 2.05) is 23.6 Å². The van der Waals surface area contributed by atoms with Crippen LogP contribution in [0.1, 0.15) is 0 Å². The maximum atomic E-state index is 5.71. The molecule has 18 heavy (non-hydrogen) atoms. The van der Waals surface area contributed by atoms with Gasteiger partial charge in [-0.1, -0.05) is 0 Å². The molecular weight excluding hydrogens is 270 g/mol. The fourth-order valence-corrected chi connectivity index (χ4v) is 2.53. The number of anilines is 3. The molecule has 0 aliphatic rings. The van der Waals surface area contributed by atoms with Crippen molar-refractivity contribution < 1.29 is 0 Å². The zero-order valence-corrected chi connectivity index (χ0v) is 10.7. The first-order chi connectivity index (χ1) is 8.70. The van der Waals surface area contributed by atoms with Gasteiger partial charge >= 0.3 is 0 Å². The second kappa shape index (κ2) is 4.40. The summed E-state index contributed by atoms with van der Waals surface area (Å²) in [4.78, 5) is 11.6. The van der Waals surface area contributed by atoms with E-state index in [4.69, 9.17) is 17.3 Å². The summed E-state index contributed by atoms with van der Waals surface area (Å²) in [6.07, 6.45) is 0. The van der Waals surface area contributed by atoms with Crippen LogP contribution >= 0.6 is 22.9 Å². The molecule has 0 saturated carbocycles. The summed E-state index contributed by atoms with van der Waals surface area (Å²) in [7, 11) is 0. The zero-order chi connectivity index (χ0) is 12.5. The van der Waals surface area contributed by atoms with Crippen LogP contribution in [0, 0.1) is 0 Å². The van der Waals surface area contributed by atoms with Gasteiger partial charge < -0.3 is 11.1 Å². The van der Waals surface area contributed by atoms with Gasteiger partial charge in [0.1, 0.15) is 0 Å². The molecule has 0 aliphatic heterocycles. The molecule has 7 heteroatoms. The highest BCUT2D eigenvalue weighted by atomic mass is 35.5. The number of hydrogen-bond acceptors (Lipinski definition) is 6. The van der Waals surface area contributed by atoms with Crippen LogP contribution in [-0.2, 0) is 0 Å². The molecule has 3 aromatic rings. The SMILES string of the molecule is Nc1nc(Cl)nc(Nc2ccc3sccc3c2)n1. The van der Waals surface area contributed by atoms with Gasteiger partial charge in [0.15, 0.2) is 0 Å². The van der Waals surface area contributed by atoms with Gasteiger partial charge in [-0.15, -0.1) is 11.3 Å². The highest BCUT2D eigenvalue weighted by molar-refractivity contribution is 7.17. The molecule has 3 rings (SSSR count). The Kier molecular flexibility index (Phi) is 2.73. The lowest BCUT2D eigenvalue weighted by molar-refractivity contribution is 1.07. The molecule has 0 unspecified atom stereocenters. The maximum Gasteiger partial charge on any atom is 0.233 e. The van der Waals surface area contributed by atoms with Crippen molar-refractivity contribution in [1.29, 1.82) is 0 Å². The standard InChI is InChI=1S/C11H8ClN5S/c12-9-15-10(13)17-11(16-9)14-7-1-2-8-6(5-7)3-4-18-8/h1-5H,(H3,13,14,15,16,17). The van der Waals surface area contributed by atoms with Crippen molar-refractivity contribution in [3.05, 3.63) is 34.9 Å². The van der Waals surface area contributed by atoms with Gasteiger partial charge in [0.2, 0.25) is 17.2 Å². The molecule has 0 bridgehead atoms. The summed E-state index contributed by atoms with van der Waals surface area (Å²) >= 11 is 7.41. The van der Waals surface area contributed by atoms with Crippen molar-refractivity contribution in [3.63, 3.8) is 0 Å². The highest BCUT2D eigenvalue weighted by Gasteiger charge is 2.03. The fourth-order valence-electron chi connectivity index (χ4n) is 1.59. The largest absolute Gasteiger partial charge is 0.368 e. The van der Waals surface area contributed by atoms with Crippen LogP contribution in [0.4, 0.5) is 17.6 Å². The number of nitrogens with one attached hydrogen (secondary N) is 1. The summed E-state index contributed by atoms with van der Waals surface area (Å²) in [5.74, 6) is 0.427. The quantitative estimate of drug-likeness (QED) is 0.753. The van der Waals surface area contributed by atoms with Crippen molar-refractivity contribution in [2.45, 2.75) is 0 Å². The summed E-state index contributed by atoms with van der Waals surface area (Å²) in [5.41, 5.74) is 6.38. The Balaban J connectivity index is 1.95. The number of halogens is 1. The average Bonchev–Trinajstić information content (AvgIpc) is 2.74. The Morgan fingerprint density at radius 1 is 1.17 bits per heavy atom. The molecule has 0 fully saturated rings. The molecule has 0 atom stereocenters. The molecule has 0 saturated heterocycles. The molecule has 0 radical (unpaired) electrons. The minimum Gasteiger partial charge on any atom is -0.368 e. The van der Waals surface area contributed by atoms with Crippen LogP contribution in [0.5, 0.6) is 0 Å². The van der Waals surface area contributed by atoms with Crippen LogP contribution in [0.15, 0.2) is 29.6 Å². The van der Waals surface area contributed by atoms with E-state index in [0.717, 1.165) is 11.1 Å². The number of fused-ring (bicyclic) bond motifs is 1. The van der Waals surface area contributed by atoms with Crippen molar-refractivity contribution in [2.75, 3.05) is 11.1 Å². The number of nitrogens with two attached hydrogens (primary N) is 1. The number of nitrogen functional groups attached to an aromatic ring is 1. The molecule has 0 amide bonds. The average molecular weight is 278 g/mol. The number of nitrogens with zero attached hydrogens (tertiary/aromatic N) is 3. The van der Waals surface area contributed by atoms with Gasteiger partial charge in [-0.25, -0.2) is 0 Å². The second-order valence-corrected chi connectivity index (χ2v) is 4.87. The minimum absolute atomic E-state index is 0.0709. The topological polar surface area (TPSA) is 76.7 Å². The van der Waals surface area contributed by atoms with Crippen molar-refractivity contribution in [2.24, 2.45) is 0 Å². The molecule has 0 spiro atoms. The third-order valence-corrected chi connectivity index (χ3v) is 3.40. The predicted molar refractivity (Wildman–Crippen MR) is 74.4 cm³/mol. The fraction of sp³-hybridized carbons (Fsp3) is 0. The molecule has 90 valence electrons. The van der Waals surface area contributed by atoms with E-state index in [9.17, 15) is 0 Å². The number of aromatic nitrogens is 3. The molecule has 2 aromatic heterocycles. The van der Waals surface area contributed by atoms with Gasteiger partial charge in [0, 0.05) is 10.4 Å². The Labute approximate surface area is 112 Å². The van der Waals surface area contributed by atoms with Crippen LogP contribution in [0.25, 0.3) is 10.1 Å². The smallest absolute Gasteiger partial charge is 0.233 e. The molecule has 5 nitrogen and oxygen atoms in total. The van der Waals surface area contributed by atoms with E-state index in [1.54, 1.807) is 11.3 Å². The minimum atomic E-state index is 0.0709. The normalized spacial score (nSPS) is 10.7. The lowest BCUT2D eigenvalue weighted by atomic mass is 10.2. The van der Waals surface area contributed by atoms with Crippen LogP contribution in [0.3, 0.4) is 0 Å². The Morgan fingerprint density at radius 2 is 2.06 bits per heavy atom. The first-order valence-electron chi connectivity index (χ1n) is 5.12. The van der Waals surface area contributed by atoms with Crippen molar-refractivity contribution in [1.82, 2.24) is 15.0 Å². The summed E-state index contributed by atoms with van der Waals surface area (Å²) in [6, 6.07) is 8.06. The third kappa shape index (κ3) is 2.20. The second-order valence-electron chi connectivity index (χ2n) is 3.58. The van der Waals surface area contributed by atoms with E-state index in [2.05, 4.69) is 26.3 Å². The van der Waals surface area contributed by atoms with Gasteiger partial charge in [-0.2, -0.15) is 15.0 Å². The van der Waals surface area contributed by atoms with E-state index >= 15 is 0 Å². The van der Waals surface area contributed by atoms with Crippen LogP contribution < -0.4 is 11.1 Å². The molecule has 3 N–H and O–H groups in total. The number of benzene rings is 1. The molecular formula is C11H8ClN5S. The van der Waals surface area contributed by atoms with Gasteiger partial charge in [-0.3, -0.25) is 0 Å². The molecule has 1 aromatic carbocycles.